The zero-order chi connectivity index (χ0) is 13.1. The normalized spacial score (nSPS) is 12.4. The van der Waals surface area contributed by atoms with Crippen molar-refractivity contribution in [3.63, 3.8) is 0 Å². The zero-order valence-corrected chi connectivity index (χ0v) is 10.2. The lowest BCUT2D eigenvalue weighted by atomic mass is 9.99. The summed E-state index contributed by atoms with van der Waals surface area (Å²) in [5, 5.41) is 0. The predicted octanol–water partition coefficient (Wildman–Crippen LogP) is 3.52. The van der Waals surface area contributed by atoms with Crippen LogP contribution >= 0.6 is 0 Å². The van der Waals surface area contributed by atoms with Crippen LogP contribution in [0.15, 0.2) is 42.5 Å². The summed E-state index contributed by atoms with van der Waals surface area (Å²) in [4.78, 5) is 0. The van der Waals surface area contributed by atoms with E-state index in [0.717, 1.165) is 0 Å². The van der Waals surface area contributed by atoms with E-state index in [-0.39, 0.29) is 11.6 Å². The Morgan fingerprint density at radius 3 is 2.39 bits per heavy atom. The third-order valence-corrected chi connectivity index (χ3v) is 2.73. The number of hydrogen-bond donors (Lipinski definition) is 1. The molecule has 18 heavy (non-hydrogen) atoms. The fourth-order valence-electron chi connectivity index (χ4n) is 1.96. The second kappa shape index (κ2) is 5.27. The highest BCUT2D eigenvalue weighted by molar-refractivity contribution is 5.65. The monoisotopic (exact) mass is 247 g/mol. The number of halogens is 2. The van der Waals surface area contributed by atoms with Gasteiger partial charge >= 0.3 is 0 Å². The van der Waals surface area contributed by atoms with Gasteiger partial charge in [-0.15, -0.1) is 0 Å². The second-order valence-corrected chi connectivity index (χ2v) is 4.49. The summed E-state index contributed by atoms with van der Waals surface area (Å²) in [6.45, 7) is 1.84. The van der Waals surface area contributed by atoms with Crippen LogP contribution in [-0.2, 0) is 6.42 Å². The van der Waals surface area contributed by atoms with Gasteiger partial charge in [0.1, 0.15) is 0 Å². The topological polar surface area (TPSA) is 26.0 Å². The van der Waals surface area contributed by atoms with Gasteiger partial charge < -0.3 is 5.73 Å². The minimum atomic E-state index is -0.827. The van der Waals surface area contributed by atoms with Gasteiger partial charge in [0, 0.05) is 11.6 Å². The first kappa shape index (κ1) is 12.7. The van der Waals surface area contributed by atoms with Crippen LogP contribution in [-0.4, -0.2) is 6.04 Å². The first-order valence-electron chi connectivity index (χ1n) is 5.87. The van der Waals surface area contributed by atoms with E-state index >= 15 is 0 Å². The maximum absolute atomic E-state index is 13.8. The Morgan fingerprint density at radius 1 is 1.11 bits per heavy atom. The van der Waals surface area contributed by atoms with Gasteiger partial charge in [0.2, 0.25) is 0 Å². The molecule has 0 fully saturated rings. The molecule has 2 aromatic rings. The van der Waals surface area contributed by atoms with Gasteiger partial charge in [0.25, 0.3) is 0 Å². The standard InChI is InChI=1S/C15H15F2N/c1-10(18)7-11-8-13(15(17)14(16)9-11)12-5-3-2-4-6-12/h2-6,8-10H,7,18H2,1H3. The molecule has 0 aromatic heterocycles. The van der Waals surface area contributed by atoms with E-state index in [9.17, 15) is 8.78 Å². The molecule has 0 saturated carbocycles. The van der Waals surface area contributed by atoms with Crippen LogP contribution in [0, 0.1) is 11.6 Å². The van der Waals surface area contributed by atoms with Crippen molar-refractivity contribution in [1.82, 2.24) is 0 Å². The summed E-state index contributed by atoms with van der Waals surface area (Å²) < 4.78 is 27.4. The molecule has 0 radical (unpaired) electrons. The molecule has 0 aliphatic heterocycles. The third kappa shape index (κ3) is 2.74. The molecular weight excluding hydrogens is 232 g/mol. The Bertz CT molecular complexity index is 536. The van der Waals surface area contributed by atoms with E-state index in [4.69, 9.17) is 5.73 Å². The van der Waals surface area contributed by atoms with E-state index in [1.54, 1.807) is 30.3 Å². The Morgan fingerprint density at radius 2 is 1.78 bits per heavy atom. The van der Waals surface area contributed by atoms with Crippen LogP contribution in [0.3, 0.4) is 0 Å². The molecule has 1 atom stereocenters. The fraction of sp³-hybridized carbons (Fsp3) is 0.200. The maximum atomic E-state index is 13.8. The van der Waals surface area contributed by atoms with Crippen LogP contribution < -0.4 is 5.73 Å². The predicted molar refractivity (Wildman–Crippen MR) is 69.1 cm³/mol. The molecule has 0 bridgehead atoms. The van der Waals surface area contributed by atoms with E-state index in [2.05, 4.69) is 0 Å². The van der Waals surface area contributed by atoms with Gasteiger partial charge in [-0.2, -0.15) is 0 Å². The van der Waals surface area contributed by atoms with Crippen molar-refractivity contribution in [2.45, 2.75) is 19.4 Å². The van der Waals surface area contributed by atoms with Crippen molar-refractivity contribution in [3.8, 4) is 11.1 Å². The lowest BCUT2D eigenvalue weighted by Crippen LogP contribution is -2.18. The molecule has 0 aliphatic carbocycles. The van der Waals surface area contributed by atoms with E-state index in [0.29, 0.717) is 17.5 Å². The molecule has 1 unspecified atom stereocenters. The van der Waals surface area contributed by atoms with Gasteiger partial charge in [-0.3, -0.25) is 0 Å². The van der Waals surface area contributed by atoms with E-state index in [1.807, 2.05) is 13.0 Å². The van der Waals surface area contributed by atoms with Crippen molar-refractivity contribution >= 4 is 0 Å². The van der Waals surface area contributed by atoms with Crippen LogP contribution in [0.5, 0.6) is 0 Å². The number of nitrogens with two attached hydrogens (primary N) is 1. The molecule has 0 aliphatic rings. The number of rotatable bonds is 3. The minimum absolute atomic E-state index is 0.0847. The molecule has 0 spiro atoms. The highest BCUT2D eigenvalue weighted by atomic mass is 19.2. The highest BCUT2D eigenvalue weighted by Crippen LogP contribution is 2.26. The Hall–Kier alpha value is -1.74. The first-order chi connectivity index (χ1) is 8.58. The van der Waals surface area contributed by atoms with Crippen molar-refractivity contribution in [1.29, 1.82) is 0 Å². The summed E-state index contributed by atoms with van der Waals surface area (Å²) in [6.07, 6.45) is 0.525. The van der Waals surface area contributed by atoms with Crippen LogP contribution in [0.2, 0.25) is 0 Å². The number of hydrogen-bond acceptors (Lipinski definition) is 1. The Kier molecular flexibility index (Phi) is 3.72. The Balaban J connectivity index is 2.49. The van der Waals surface area contributed by atoms with Crippen molar-refractivity contribution < 1.29 is 8.78 Å². The molecule has 0 saturated heterocycles. The SMILES string of the molecule is CC(N)Cc1cc(F)c(F)c(-c2ccccc2)c1. The van der Waals surface area contributed by atoms with Crippen LogP contribution in [0.25, 0.3) is 11.1 Å². The van der Waals surface area contributed by atoms with Crippen molar-refractivity contribution in [2.24, 2.45) is 5.73 Å². The lowest BCUT2D eigenvalue weighted by Gasteiger charge is -2.10. The molecule has 0 amide bonds. The molecule has 1 nitrogen and oxygen atoms in total. The summed E-state index contributed by atoms with van der Waals surface area (Å²) in [6, 6.07) is 11.7. The zero-order valence-electron chi connectivity index (χ0n) is 10.2. The molecule has 2 aromatic carbocycles. The molecule has 94 valence electrons. The largest absolute Gasteiger partial charge is 0.328 e. The summed E-state index contributed by atoms with van der Waals surface area (Å²) in [5.41, 5.74) is 7.35. The van der Waals surface area contributed by atoms with E-state index in [1.165, 1.54) is 6.07 Å². The first-order valence-corrected chi connectivity index (χ1v) is 5.87. The molecular formula is C15H15F2N. The van der Waals surface area contributed by atoms with Crippen LogP contribution in [0.1, 0.15) is 12.5 Å². The third-order valence-electron chi connectivity index (χ3n) is 2.73. The molecule has 0 heterocycles. The summed E-state index contributed by atoms with van der Waals surface area (Å²) in [7, 11) is 0. The minimum Gasteiger partial charge on any atom is -0.328 e. The van der Waals surface area contributed by atoms with E-state index < -0.39 is 11.6 Å². The molecule has 2 N–H and O–H groups in total. The average Bonchev–Trinajstić information content (AvgIpc) is 2.34. The average molecular weight is 247 g/mol. The quantitative estimate of drug-likeness (QED) is 0.882. The lowest BCUT2D eigenvalue weighted by molar-refractivity contribution is 0.509. The maximum Gasteiger partial charge on any atom is 0.166 e. The van der Waals surface area contributed by atoms with Gasteiger partial charge in [-0.05, 0) is 36.6 Å². The molecule has 3 heteroatoms. The van der Waals surface area contributed by atoms with Crippen molar-refractivity contribution in [2.75, 3.05) is 0 Å². The van der Waals surface area contributed by atoms with Crippen LogP contribution in [0.4, 0.5) is 8.78 Å². The van der Waals surface area contributed by atoms with Gasteiger partial charge in [-0.25, -0.2) is 8.78 Å². The fourth-order valence-corrected chi connectivity index (χ4v) is 1.96. The summed E-state index contributed by atoms with van der Waals surface area (Å²) in [5.74, 6) is -1.64. The molecule has 2 rings (SSSR count). The summed E-state index contributed by atoms with van der Waals surface area (Å²) >= 11 is 0. The second-order valence-electron chi connectivity index (χ2n) is 4.49. The van der Waals surface area contributed by atoms with Gasteiger partial charge in [-0.1, -0.05) is 30.3 Å². The smallest absolute Gasteiger partial charge is 0.166 e. The van der Waals surface area contributed by atoms with Crippen molar-refractivity contribution in [3.05, 3.63) is 59.7 Å². The highest BCUT2D eigenvalue weighted by Gasteiger charge is 2.12. The Labute approximate surface area is 105 Å². The van der Waals surface area contributed by atoms with Gasteiger partial charge in [0.05, 0.1) is 0 Å². The van der Waals surface area contributed by atoms with Gasteiger partial charge in [0.15, 0.2) is 11.6 Å². The number of benzene rings is 2.